The number of thiophene rings is 1. The van der Waals surface area contributed by atoms with Gasteiger partial charge in [0.2, 0.25) is 0 Å². The van der Waals surface area contributed by atoms with E-state index in [1.807, 2.05) is 30.3 Å². The molecule has 0 amide bonds. The zero-order valence-electron chi connectivity index (χ0n) is 9.84. The lowest BCUT2D eigenvalue weighted by Crippen LogP contribution is -2.09. The summed E-state index contributed by atoms with van der Waals surface area (Å²) in [6, 6.07) is 12.2. The van der Waals surface area contributed by atoms with Gasteiger partial charge in [0.15, 0.2) is 0 Å². The third kappa shape index (κ3) is 2.60. The van der Waals surface area contributed by atoms with Crippen molar-refractivity contribution in [3.8, 4) is 0 Å². The number of aromatic nitrogens is 1. The number of aromatic amines is 1. The summed E-state index contributed by atoms with van der Waals surface area (Å²) >= 11 is 8.30. The number of fused-ring (bicyclic) bond motifs is 1. The summed E-state index contributed by atoms with van der Waals surface area (Å²) < 4.78 is 4.57. The first-order chi connectivity index (χ1) is 9.24. The third-order valence-electron chi connectivity index (χ3n) is 2.68. The van der Waals surface area contributed by atoms with Crippen molar-refractivity contribution in [2.24, 2.45) is 5.73 Å². The summed E-state index contributed by atoms with van der Waals surface area (Å²) in [4.78, 5) is 3.64. The summed E-state index contributed by atoms with van der Waals surface area (Å²) in [5.41, 5.74) is 8.50. The highest BCUT2D eigenvalue weighted by molar-refractivity contribution is 8.02. The van der Waals surface area contributed by atoms with Crippen LogP contribution in [-0.4, -0.2) is 9.97 Å². The maximum absolute atomic E-state index is 5.66. The van der Waals surface area contributed by atoms with Crippen molar-refractivity contribution in [3.05, 3.63) is 47.5 Å². The molecule has 2 heterocycles. The van der Waals surface area contributed by atoms with Crippen LogP contribution >= 0.6 is 35.5 Å². The molecule has 0 fully saturated rings. The van der Waals surface area contributed by atoms with Crippen LogP contribution in [0.4, 0.5) is 5.69 Å². The highest BCUT2D eigenvalue weighted by Crippen LogP contribution is 2.29. The average molecular weight is 305 g/mol. The maximum atomic E-state index is 5.66. The molecule has 0 unspecified atom stereocenters. The summed E-state index contributed by atoms with van der Waals surface area (Å²) in [5.74, 6) is 0. The fraction of sp³-hybridized carbons (Fsp3) is 0. The Labute approximate surface area is 124 Å². The molecule has 0 aliphatic heterocycles. The Hall–Kier alpha value is -1.50. The standard InChI is InChI=1S/C13H11N3S3/c14-13(17)10-7-8-3-1-4-9(12(8)15-10)16-19-11-5-2-6-18-11/h1-7,15-16H,(H2,14,17). The van der Waals surface area contributed by atoms with Gasteiger partial charge in [0.1, 0.15) is 4.99 Å². The monoisotopic (exact) mass is 305 g/mol. The van der Waals surface area contributed by atoms with Crippen LogP contribution < -0.4 is 10.5 Å². The van der Waals surface area contributed by atoms with Crippen molar-refractivity contribution in [2.75, 3.05) is 4.72 Å². The number of H-pyrrole nitrogens is 1. The van der Waals surface area contributed by atoms with Crippen molar-refractivity contribution >= 4 is 57.1 Å². The molecule has 1 aromatic carbocycles. The predicted molar refractivity (Wildman–Crippen MR) is 88.0 cm³/mol. The Balaban J connectivity index is 1.92. The van der Waals surface area contributed by atoms with E-state index in [1.54, 1.807) is 23.3 Å². The van der Waals surface area contributed by atoms with Gasteiger partial charge in [-0.25, -0.2) is 0 Å². The first kappa shape index (κ1) is 12.5. The van der Waals surface area contributed by atoms with Crippen LogP contribution in [0, 0.1) is 0 Å². The van der Waals surface area contributed by atoms with E-state index in [1.165, 1.54) is 4.21 Å². The first-order valence-corrected chi connectivity index (χ1v) is 7.72. The van der Waals surface area contributed by atoms with Gasteiger partial charge in [-0.15, -0.1) is 11.3 Å². The number of para-hydroxylation sites is 1. The second-order valence-corrected chi connectivity index (χ2v) is 6.45. The molecule has 6 heteroatoms. The van der Waals surface area contributed by atoms with Crippen LogP contribution in [0.5, 0.6) is 0 Å². The molecule has 0 spiro atoms. The van der Waals surface area contributed by atoms with Gasteiger partial charge < -0.3 is 15.4 Å². The van der Waals surface area contributed by atoms with Gasteiger partial charge >= 0.3 is 0 Å². The van der Waals surface area contributed by atoms with E-state index in [2.05, 4.69) is 21.2 Å². The highest BCUT2D eigenvalue weighted by atomic mass is 32.2. The van der Waals surface area contributed by atoms with Crippen LogP contribution in [-0.2, 0) is 0 Å². The maximum Gasteiger partial charge on any atom is 0.120 e. The van der Waals surface area contributed by atoms with E-state index in [0.717, 1.165) is 22.3 Å². The lowest BCUT2D eigenvalue weighted by molar-refractivity contribution is 1.42. The molecule has 0 atom stereocenters. The van der Waals surface area contributed by atoms with Crippen molar-refractivity contribution in [2.45, 2.75) is 4.21 Å². The molecule has 3 aromatic rings. The number of nitrogens with one attached hydrogen (secondary N) is 2. The highest BCUT2D eigenvalue weighted by Gasteiger charge is 2.07. The molecular formula is C13H11N3S3. The molecule has 3 rings (SSSR count). The summed E-state index contributed by atoms with van der Waals surface area (Å²) in [6.45, 7) is 0. The first-order valence-electron chi connectivity index (χ1n) is 5.62. The number of hydrogen-bond acceptors (Lipinski definition) is 4. The molecule has 4 N–H and O–H groups in total. The number of hydrogen-bond donors (Lipinski definition) is 3. The topological polar surface area (TPSA) is 53.8 Å². The molecule has 0 saturated heterocycles. The molecule has 19 heavy (non-hydrogen) atoms. The summed E-state index contributed by atoms with van der Waals surface area (Å²) in [7, 11) is 0. The van der Waals surface area contributed by atoms with E-state index < -0.39 is 0 Å². The van der Waals surface area contributed by atoms with Crippen LogP contribution in [0.15, 0.2) is 46.0 Å². The Kier molecular flexibility index (Phi) is 3.46. The van der Waals surface area contributed by atoms with Gasteiger partial charge in [0, 0.05) is 5.39 Å². The normalized spacial score (nSPS) is 10.7. The zero-order valence-corrected chi connectivity index (χ0v) is 12.3. The average Bonchev–Trinajstić information content (AvgIpc) is 3.05. The minimum absolute atomic E-state index is 0.382. The van der Waals surface area contributed by atoms with Crippen molar-refractivity contribution in [1.82, 2.24) is 4.98 Å². The van der Waals surface area contributed by atoms with E-state index >= 15 is 0 Å². The van der Waals surface area contributed by atoms with Crippen LogP contribution in [0.1, 0.15) is 5.69 Å². The number of anilines is 1. The molecule has 96 valence electrons. The Bertz CT molecular complexity index is 716. The predicted octanol–water partition coefficient (Wildman–Crippen LogP) is 3.98. The minimum atomic E-state index is 0.382. The van der Waals surface area contributed by atoms with Gasteiger partial charge in [0.25, 0.3) is 0 Å². The summed E-state index contributed by atoms with van der Waals surface area (Å²) in [6.07, 6.45) is 0. The second kappa shape index (κ2) is 5.24. The van der Waals surface area contributed by atoms with Gasteiger partial charge in [-0.05, 0) is 35.5 Å². The number of nitrogens with two attached hydrogens (primary N) is 1. The van der Waals surface area contributed by atoms with E-state index in [-0.39, 0.29) is 0 Å². The van der Waals surface area contributed by atoms with Crippen LogP contribution in [0.3, 0.4) is 0 Å². The van der Waals surface area contributed by atoms with Crippen molar-refractivity contribution < 1.29 is 0 Å². The zero-order chi connectivity index (χ0) is 13.2. The number of rotatable bonds is 4. The molecule has 0 aliphatic rings. The van der Waals surface area contributed by atoms with Crippen molar-refractivity contribution in [3.63, 3.8) is 0 Å². The Morgan fingerprint density at radius 2 is 2.21 bits per heavy atom. The fourth-order valence-electron chi connectivity index (χ4n) is 1.80. The molecule has 0 saturated carbocycles. The van der Waals surface area contributed by atoms with E-state index in [0.29, 0.717) is 4.99 Å². The van der Waals surface area contributed by atoms with Gasteiger partial charge in [0.05, 0.1) is 21.1 Å². The Morgan fingerprint density at radius 3 is 2.95 bits per heavy atom. The molecule has 3 nitrogen and oxygen atoms in total. The Morgan fingerprint density at radius 1 is 1.32 bits per heavy atom. The largest absolute Gasteiger partial charge is 0.388 e. The number of thiocarbonyl (C=S) groups is 1. The third-order valence-corrected chi connectivity index (χ3v) is 4.76. The van der Waals surface area contributed by atoms with E-state index in [4.69, 9.17) is 18.0 Å². The SMILES string of the molecule is NC(=S)c1cc2cccc(NSc3cccs3)c2[nH]1. The molecule has 0 aliphatic carbocycles. The van der Waals surface area contributed by atoms with Gasteiger partial charge in [-0.3, -0.25) is 0 Å². The lowest BCUT2D eigenvalue weighted by atomic mass is 10.2. The summed E-state index contributed by atoms with van der Waals surface area (Å²) in [5, 5.41) is 3.16. The minimum Gasteiger partial charge on any atom is -0.388 e. The number of benzene rings is 1. The second-order valence-electron chi connectivity index (χ2n) is 3.95. The molecule has 2 aromatic heterocycles. The molecule has 0 radical (unpaired) electrons. The lowest BCUT2D eigenvalue weighted by Gasteiger charge is -2.05. The molecular weight excluding hydrogens is 294 g/mol. The fourth-order valence-corrected chi connectivity index (χ4v) is 3.37. The van der Waals surface area contributed by atoms with Gasteiger partial charge in [-0.2, -0.15) is 0 Å². The molecule has 0 bridgehead atoms. The quantitative estimate of drug-likeness (QED) is 0.504. The van der Waals surface area contributed by atoms with Crippen molar-refractivity contribution in [1.29, 1.82) is 0 Å². The van der Waals surface area contributed by atoms with E-state index in [9.17, 15) is 0 Å². The smallest absolute Gasteiger partial charge is 0.120 e. The van der Waals surface area contributed by atoms with Crippen LogP contribution in [0.2, 0.25) is 0 Å². The van der Waals surface area contributed by atoms with Crippen LogP contribution in [0.25, 0.3) is 10.9 Å². The van der Waals surface area contributed by atoms with Gasteiger partial charge in [-0.1, -0.05) is 30.4 Å².